The van der Waals surface area contributed by atoms with Crippen LogP contribution >= 0.6 is 0 Å². The number of benzene rings is 1. The summed E-state index contributed by atoms with van der Waals surface area (Å²) in [6, 6.07) is 8.31. The average Bonchev–Trinajstić information content (AvgIpc) is 2.92. The minimum atomic E-state index is -0.413. The molecule has 1 aromatic carbocycles. The second-order valence-corrected chi connectivity index (χ2v) is 3.89. The number of carbonyl (C=O) groups is 1. The van der Waals surface area contributed by atoms with Crippen molar-refractivity contribution in [3.05, 3.63) is 41.3 Å². The number of nitrogens with one attached hydrogen (secondary N) is 1. The van der Waals surface area contributed by atoms with Gasteiger partial charge in [-0.2, -0.15) is 5.26 Å². The summed E-state index contributed by atoms with van der Waals surface area (Å²) in [6.45, 7) is 0.458. The summed E-state index contributed by atoms with van der Waals surface area (Å²) in [5.74, 6) is -0.0306. The molecule has 7 heteroatoms. The molecule has 0 aliphatic heterocycles. The molecule has 0 aliphatic rings. The van der Waals surface area contributed by atoms with E-state index >= 15 is 0 Å². The molecule has 0 fully saturated rings. The van der Waals surface area contributed by atoms with Gasteiger partial charge < -0.3 is 9.15 Å². The van der Waals surface area contributed by atoms with Crippen LogP contribution in [0.25, 0.3) is 0 Å². The maximum atomic E-state index is 11.9. The van der Waals surface area contributed by atoms with Gasteiger partial charge in [-0.05, 0) is 18.2 Å². The third-order valence-electron chi connectivity index (χ3n) is 2.46. The Kier molecular flexibility index (Phi) is 4.42. The molecule has 0 spiro atoms. The molecule has 0 unspecified atom stereocenters. The van der Waals surface area contributed by atoms with Gasteiger partial charge in [-0.25, -0.2) is 0 Å². The number of ether oxygens (including phenoxy) is 1. The topological polar surface area (TPSA) is 101 Å². The molecule has 2 rings (SSSR count). The SMILES string of the molecule is COCCc1nnc(NC(=O)c2cccc(C#N)c2)o1. The first-order valence-electron chi connectivity index (χ1n) is 5.86. The number of amides is 1. The molecule has 1 aromatic heterocycles. The molecular weight excluding hydrogens is 260 g/mol. The van der Waals surface area contributed by atoms with Crippen molar-refractivity contribution in [1.29, 1.82) is 5.26 Å². The van der Waals surface area contributed by atoms with E-state index in [1.165, 1.54) is 6.07 Å². The highest BCUT2D eigenvalue weighted by atomic mass is 16.5. The molecule has 20 heavy (non-hydrogen) atoms. The van der Waals surface area contributed by atoms with Gasteiger partial charge in [0.15, 0.2) is 0 Å². The fourth-order valence-corrected chi connectivity index (χ4v) is 1.49. The van der Waals surface area contributed by atoms with E-state index in [1.807, 2.05) is 6.07 Å². The fraction of sp³-hybridized carbons (Fsp3) is 0.231. The molecule has 0 saturated carbocycles. The zero-order valence-corrected chi connectivity index (χ0v) is 10.8. The largest absolute Gasteiger partial charge is 0.408 e. The normalized spacial score (nSPS) is 10.0. The van der Waals surface area contributed by atoms with Crippen molar-refractivity contribution < 1.29 is 13.9 Å². The Hall–Kier alpha value is -2.72. The highest BCUT2D eigenvalue weighted by Crippen LogP contribution is 2.10. The van der Waals surface area contributed by atoms with E-state index in [0.29, 0.717) is 30.0 Å². The van der Waals surface area contributed by atoms with Crippen LogP contribution in [0.4, 0.5) is 6.01 Å². The highest BCUT2D eigenvalue weighted by Gasteiger charge is 2.11. The molecule has 0 radical (unpaired) electrons. The van der Waals surface area contributed by atoms with Gasteiger partial charge in [0.2, 0.25) is 5.89 Å². The van der Waals surface area contributed by atoms with Crippen LogP contribution in [0.3, 0.4) is 0 Å². The van der Waals surface area contributed by atoms with E-state index in [0.717, 1.165) is 0 Å². The van der Waals surface area contributed by atoms with Crippen LogP contribution in [0.1, 0.15) is 21.8 Å². The molecular formula is C13H12N4O3. The lowest BCUT2D eigenvalue weighted by Crippen LogP contribution is -2.12. The molecule has 0 bridgehead atoms. The summed E-state index contributed by atoms with van der Waals surface area (Å²) in [4.78, 5) is 11.9. The number of hydrogen-bond donors (Lipinski definition) is 1. The number of anilines is 1. The third kappa shape index (κ3) is 3.40. The Morgan fingerprint density at radius 3 is 3.10 bits per heavy atom. The Morgan fingerprint density at radius 2 is 2.35 bits per heavy atom. The maximum Gasteiger partial charge on any atom is 0.322 e. The van der Waals surface area contributed by atoms with Crippen LogP contribution in [0.5, 0.6) is 0 Å². The number of rotatable bonds is 5. The van der Waals surface area contributed by atoms with Gasteiger partial charge in [-0.1, -0.05) is 11.2 Å². The number of nitrogens with zero attached hydrogens (tertiary/aromatic N) is 3. The van der Waals surface area contributed by atoms with Gasteiger partial charge in [0.1, 0.15) is 0 Å². The number of methoxy groups -OCH3 is 1. The van der Waals surface area contributed by atoms with Crippen LogP contribution in [-0.2, 0) is 11.2 Å². The Labute approximate surface area is 115 Å². The van der Waals surface area contributed by atoms with Crippen LogP contribution in [0.2, 0.25) is 0 Å². The zero-order chi connectivity index (χ0) is 14.4. The number of nitriles is 1. The summed E-state index contributed by atoms with van der Waals surface area (Å²) in [7, 11) is 1.57. The number of aromatic nitrogens is 2. The summed E-state index contributed by atoms with van der Waals surface area (Å²) in [6.07, 6.45) is 0.475. The molecule has 102 valence electrons. The van der Waals surface area contributed by atoms with Gasteiger partial charge in [0.05, 0.1) is 18.2 Å². The molecule has 0 saturated heterocycles. The van der Waals surface area contributed by atoms with Gasteiger partial charge in [0.25, 0.3) is 5.91 Å². The zero-order valence-electron chi connectivity index (χ0n) is 10.8. The lowest BCUT2D eigenvalue weighted by molar-refractivity contribution is 0.102. The average molecular weight is 272 g/mol. The van der Waals surface area contributed by atoms with Crippen LogP contribution < -0.4 is 5.32 Å². The van der Waals surface area contributed by atoms with Gasteiger partial charge in [-0.15, -0.1) is 5.10 Å². The Bertz CT molecular complexity index is 645. The van der Waals surface area contributed by atoms with E-state index in [9.17, 15) is 4.79 Å². The number of carbonyl (C=O) groups excluding carboxylic acids is 1. The molecule has 0 aliphatic carbocycles. The second-order valence-electron chi connectivity index (χ2n) is 3.89. The third-order valence-corrected chi connectivity index (χ3v) is 2.46. The minimum Gasteiger partial charge on any atom is -0.408 e. The van der Waals surface area contributed by atoms with Crippen molar-refractivity contribution in [1.82, 2.24) is 10.2 Å². The highest BCUT2D eigenvalue weighted by molar-refractivity contribution is 6.03. The van der Waals surface area contributed by atoms with Crippen molar-refractivity contribution >= 4 is 11.9 Å². The predicted molar refractivity (Wildman–Crippen MR) is 69.0 cm³/mol. The van der Waals surface area contributed by atoms with Crippen LogP contribution in [-0.4, -0.2) is 29.8 Å². The monoisotopic (exact) mass is 272 g/mol. The van der Waals surface area contributed by atoms with Gasteiger partial charge in [-0.3, -0.25) is 10.1 Å². The van der Waals surface area contributed by atoms with E-state index in [2.05, 4.69) is 15.5 Å². The van der Waals surface area contributed by atoms with Crippen molar-refractivity contribution in [2.45, 2.75) is 6.42 Å². The van der Waals surface area contributed by atoms with Crippen molar-refractivity contribution in [3.8, 4) is 6.07 Å². The lowest BCUT2D eigenvalue weighted by atomic mass is 10.1. The maximum absolute atomic E-state index is 11.9. The first-order valence-corrected chi connectivity index (χ1v) is 5.86. The van der Waals surface area contributed by atoms with Crippen molar-refractivity contribution in [2.75, 3.05) is 19.0 Å². The summed E-state index contributed by atoms with van der Waals surface area (Å²) in [5.41, 5.74) is 0.754. The number of hydrogen-bond acceptors (Lipinski definition) is 6. The van der Waals surface area contributed by atoms with Crippen molar-refractivity contribution in [2.24, 2.45) is 0 Å². The molecule has 1 N–H and O–H groups in total. The summed E-state index contributed by atoms with van der Waals surface area (Å²) in [5, 5.41) is 18.7. The van der Waals surface area contributed by atoms with Gasteiger partial charge in [0, 0.05) is 19.1 Å². The fourth-order valence-electron chi connectivity index (χ4n) is 1.49. The van der Waals surface area contributed by atoms with Crippen molar-refractivity contribution in [3.63, 3.8) is 0 Å². The quantitative estimate of drug-likeness (QED) is 0.882. The van der Waals surface area contributed by atoms with Crippen LogP contribution in [0, 0.1) is 11.3 Å². The standard InChI is InChI=1S/C13H12N4O3/c1-19-6-5-11-16-17-13(20-11)15-12(18)10-4-2-3-9(7-10)8-14/h2-4,7H,5-6H2,1H3,(H,15,17,18). The van der Waals surface area contributed by atoms with E-state index < -0.39 is 5.91 Å². The summed E-state index contributed by atoms with van der Waals surface area (Å²) >= 11 is 0. The van der Waals surface area contributed by atoms with Crippen LogP contribution in [0.15, 0.2) is 28.7 Å². The molecule has 0 atom stereocenters. The van der Waals surface area contributed by atoms with Gasteiger partial charge >= 0.3 is 6.01 Å². The van der Waals surface area contributed by atoms with E-state index in [-0.39, 0.29) is 6.01 Å². The van der Waals surface area contributed by atoms with E-state index in [1.54, 1.807) is 25.3 Å². The summed E-state index contributed by atoms with van der Waals surface area (Å²) < 4.78 is 10.1. The molecule has 1 heterocycles. The lowest BCUT2D eigenvalue weighted by Gasteiger charge is -2.00. The first kappa shape index (κ1) is 13.7. The molecule has 2 aromatic rings. The Morgan fingerprint density at radius 1 is 1.50 bits per heavy atom. The Balaban J connectivity index is 2.03. The first-order chi connectivity index (χ1) is 9.72. The molecule has 1 amide bonds. The molecule has 7 nitrogen and oxygen atoms in total. The smallest absolute Gasteiger partial charge is 0.322 e. The predicted octanol–water partition coefficient (Wildman–Crippen LogP) is 1.38. The van der Waals surface area contributed by atoms with E-state index in [4.69, 9.17) is 14.4 Å². The second kappa shape index (κ2) is 6.45. The minimum absolute atomic E-state index is 0.0171.